The van der Waals surface area contributed by atoms with E-state index < -0.39 is 18.2 Å². The normalized spacial score (nSPS) is 22.0. The summed E-state index contributed by atoms with van der Waals surface area (Å²) in [5.74, 6) is -1.76. The van der Waals surface area contributed by atoms with Crippen molar-refractivity contribution < 1.29 is 19.1 Å². The summed E-state index contributed by atoms with van der Waals surface area (Å²) in [5, 5.41) is 2.81. The molecule has 0 radical (unpaired) electrons. The smallest absolute Gasteiger partial charge is 0.424 e. The average Bonchev–Trinajstić information content (AvgIpc) is 2.38. The minimum Gasteiger partial charge on any atom is -0.429 e. The van der Waals surface area contributed by atoms with Crippen LogP contribution >= 0.6 is 0 Å². The molecule has 3 rings (SSSR count). The van der Waals surface area contributed by atoms with E-state index in [1.165, 1.54) is 0 Å². The molecule has 16 heavy (non-hydrogen) atoms. The number of benzene rings is 1. The second-order valence-corrected chi connectivity index (χ2v) is 3.46. The molecule has 1 aromatic carbocycles. The van der Waals surface area contributed by atoms with Crippen LogP contribution in [0.25, 0.3) is 6.08 Å². The van der Waals surface area contributed by atoms with Crippen molar-refractivity contribution in [3.8, 4) is 0 Å². The zero-order chi connectivity index (χ0) is 11.1. The largest absolute Gasteiger partial charge is 0.429 e. The Balaban J connectivity index is 2.13. The van der Waals surface area contributed by atoms with Gasteiger partial charge in [-0.15, -0.1) is 0 Å². The van der Waals surface area contributed by atoms with Crippen molar-refractivity contribution in [3.63, 3.8) is 0 Å². The number of carbonyl (C=O) groups excluding carboxylic acids is 2. The molecular formula is C11H7NO4. The van der Waals surface area contributed by atoms with Gasteiger partial charge in [-0.1, -0.05) is 24.3 Å². The fraction of sp³-hybridized carbons (Fsp3) is 0.0909. The lowest BCUT2D eigenvalue weighted by Crippen LogP contribution is -2.26. The number of fused-ring (bicyclic) bond motifs is 4. The lowest BCUT2D eigenvalue weighted by Gasteiger charge is -2.22. The molecule has 1 N–H and O–H groups in total. The molecule has 1 fully saturated rings. The summed E-state index contributed by atoms with van der Waals surface area (Å²) >= 11 is 0. The van der Waals surface area contributed by atoms with Crippen molar-refractivity contribution in [3.05, 3.63) is 41.3 Å². The molecule has 1 aromatic rings. The molecule has 5 nitrogen and oxygen atoms in total. The third-order valence-corrected chi connectivity index (χ3v) is 2.43. The van der Waals surface area contributed by atoms with Gasteiger partial charge in [-0.25, -0.2) is 9.59 Å². The van der Waals surface area contributed by atoms with Gasteiger partial charge in [0.2, 0.25) is 12.1 Å². The minimum absolute atomic E-state index is 0.236. The van der Waals surface area contributed by atoms with Crippen LogP contribution in [0.15, 0.2) is 30.1 Å². The molecule has 0 aromatic heterocycles. The molecule has 0 amide bonds. The molecule has 2 aliphatic rings. The van der Waals surface area contributed by atoms with E-state index in [2.05, 4.69) is 5.32 Å². The molecular weight excluding hydrogens is 210 g/mol. The van der Waals surface area contributed by atoms with Crippen LogP contribution < -0.4 is 5.32 Å². The highest BCUT2D eigenvalue weighted by molar-refractivity contribution is 6.30. The molecule has 0 spiro atoms. The van der Waals surface area contributed by atoms with Crippen molar-refractivity contribution in [1.29, 1.82) is 0 Å². The van der Waals surface area contributed by atoms with Crippen molar-refractivity contribution in [2.45, 2.75) is 6.23 Å². The van der Waals surface area contributed by atoms with E-state index in [9.17, 15) is 9.59 Å². The first kappa shape index (κ1) is 8.96. The lowest BCUT2D eigenvalue weighted by molar-refractivity contribution is -0.165. The first-order valence-electron chi connectivity index (χ1n) is 4.74. The standard InChI is InChI=1S/C11H7NO4/c13-10-11(14)16-9-7-4-2-1-3-6(7)5-8(12-9)15-10/h1-5,9,12H. The van der Waals surface area contributed by atoms with Crippen LogP contribution in [0.1, 0.15) is 17.4 Å². The van der Waals surface area contributed by atoms with Crippen LogP contribution in [0.3, 0.4) is 0 Å². The summed E-state index contributed by atoms with van der Waals surface area (Å²) in [6.07, 6.45) is 1.00. The molecule has 5 heteroatoms. The molecule has 80 valence electrons. The zero-order valence-electron chi connectivity index (χ0n) is 8.10. The van der Waals surface area contributed by atoms with E-state index in [1.54, 1.807) is 6.08 Å². The average molecular weight is 217 g/mol. The van der Waals surface area contributed by atoms with Gasteiger partial charge in [-0.2, -0.15) is 0 Å². The number of hydrogen-bond acceptors (Lipinski definition) is 5. The third-order valence-electron chi connectivity index (χ3n) is 2.43. The first-order chi connectivity index (χ1) is 7.74. The highest BCUT2D eigenvalue weighted by atomic mass is 16.6. The molecule has 1 atom stereocenters. The quantitative estimate of drug-likeness (QED) is 0.511. The zero-order valence-corrected chi connectivity index (χ0v) is 8.10. The maximum atomic E-state index is 11.2. The molecule has 2 aliphatic heterocycles. The number of rotatable bonds is 0. The molecule has 1 saturated heterocycles. The monoisotopic (exact) mass is 217 g/mol. The van der Waals surface area contributed by atoms with Crippen LogP contribution in [0.5, 0.6) is 0 Å². The van der Waals surface area contributed by atoms with Crippen molar-refractivity contribution in [2.24, 2.45) is 0 Å². The van der Waals surface area contributed by atoms with E-state index in [4.69, 9.17) is 9.47 Å². The minimum atomic E-state index is -1.01. The van der Waals surface area contributed by atoms with Crippen LogP contribution in [-0.2, 0) is 19.1 Å². The van der Waals surface area contributed by atoms with Gasteiger partial charge in [-0.3, -0.25) is 0 Å². The Morgan fingerprint density at radius 2 is 1.94 bits per heavy atom. The van der Waals surface area contributed by atoms with Gasteiger partial charge >= 0.3 is 11.9 Å². The number of hydrogen-bond donors (Lipinski definition) is 1. The van der Waals surface area contributed by atoms with Crippen molar-refractivity contribution in [1.82, 2.24) is 5.32 Å². The summed E-state index contributed by atoms with van der Waals surface area (Å²) in [6.45, 7) is 0. The first-order valence-corrected chi connectivity index (χ1v) is 4.74. The van der Waals surface area contributed by atoms with Gasteiger partial charge < -0.3 is 14.8 Å². The molecule has 0 aliphatic carbocycles. The van der Waals surface area contributed by atoms with E-state index in [-0.39, 0.29) is 5.88 Å². The van der Waals surface area contributed by atoms with E-state index in [0.717, 1.165) is 11.1 Å². The lowest BCUT2D eigenvalue weighted by atomic mass is 10.0. The Bertz CT molecular complexity index is 520. The molecule has 1 unspecified atom stereocenters. The Kier molecular flexibility index (Phi) is 1.73. The van der Waals surface area contributed by atoms with Crippen molar-refractivity contribution in [2.75, 3.05) is 0 Å². The number of carbonyl (C=O) groups is 2. The van der Waals surface area contributed by atoms with E-state index in [1.807, 2.05) is 24.3 Å². The van der Waals surface area contributed by atoms with E-state index >= 15 is 0 Å². The fourth-order valence-electron chi connectivity index (χ4n) is 1.72. The van der Waals surface area contributed by atoms with Crippen molar-refractivity contribution >= 4 is 18.0 Å². The Morgan fingerprint density at radius 1 is 1.12 bits per heavy atom. The van der Waals surface area contributed by atoms with Crippen LogP contribution in [0, 0.1) is 0 Å². The summed E-state index contributed by atoms with van der Waals surface area (Å²) in [7, 11) is 0. The van der Waals surface area contributed by atoms with Crippen LogP contribution in [-0.4, -0.2) is 11.9 Å². The molecule has 0 saturated carbocycles. The molecule has 2 bridgehead atoms. The fourth-order valence-corrected chi connectivity index (χ4v) is 1.72. The second kappa shape index (κ2) is 3.10. The van der Waals surface area contributed by atoms with Gasteiger partial charge in [0.05, 0.1) is 0 Å². The Hall–Kier alpha value is -2.30. The topological polar surface area (TPSA) is 64.6 Å². The van der Waals surface area contributed by atoms with E-state index in [0.29, 0.717) is 0 Å². The summed E-state index contributed by atoms with van der Waals surface area (Å²) < 4.78 is 9.74. The Labute approximate surface area is 90.7 Å². The van der Waals surface area contributed by atoms with Gasteiger partial charge in [0, 0.05) is 11.6 Å². The Morgan fingerprint density at radius 3 is 2.81 bits per heavy atom. The number of nitrogens with one attached hydrogen (secondary N) is 1. The maximum absolute atomic E-state index is 11.2. The third kappa shape index (κ3) is 1.25. The number of esters is 2. The predicted octanol–water partition coefficient (Wildman–Crippen LogP) is 0.687. The van der Waals surface area contributed by atoms with Crippen LogP contribution in [0.2, 0.25) is 0 Å². The van der Waals surface area contributed by atoms with Gasteiger partial charge in [0.1, 0.15) is 0 Å². The van der Waals surface area contributed by atoms with Gasteiger partial charge in [0.15, 0.2) is 0 Å². The summed E-state index contributed by atoms with van der Waals surface area (Å²) in [5.41, 5.74) is 1.67. The highest BCUT2D eigenvalue weighted by Crippen LogP contribution is 2.29. The molecule has 2 heterocycles. The van der Waals surface area contributed by atoms with Gasteiger partial charge in [0.25, 0.3) is 0 Å². The SMILES string of the molecule is O=C1OC2=Cc3ccccc3C(N2)OC1=O. The second-order valence-electron chi connectivity index (χ2n) is 3.46. The predicted molar refractivity (Wildman–Crippen MR) is 52.5 cm³/mol. The maximum Gasteiger partial charge on any atom is 0.424 e. The number of ether oxygens (including phenoxy) is 2. The summed E-state index contributed by atoms with van der Waals surface area (Å²) in [4.78, 5) is 22.3. The van der Waals surface area contributed by atoms with Crippen LogP contribution in [0.4, 0.5) is 0 Å². The van der Waals surface area contributed by atoms with Gasteiger partial charge in [-0.05, 0) is 5.56 Å². The summed E-state index contributed by atoms with van der Waals surface area (Å²) in [6, 6.07) is 7.37. The highest BCUT2D eigenvalue weighted by Gasteiger charge is 2.33.